The second kappa shape index (κ2) is 8.35. The molecule has 2 heterocycles. The van der Waals surface area contributed by atoms with Gasteiger partial charge in [0.2, 0.25) is 5.25 Å². The molecule has 0 N–H and O–H groups in total. The van der Waals surface area contributed by atoms with Gasteiger partial charge in [0, 0.05) is 10.3 Å². The number of carbonyl (C=O) groups is 2. The summed E-state index contributed by atoms with van der Waals surface area (Å²) in [6.07, 6.45) is 4.63. The van der Waals surface area contributed by atoms with E-state index in [-0.39, 0.29) is 13.2 Å². The Hall–Kier alpha value is -1.67. The largest absolute Gasteiger partial charge is 0.465 e. The molecule has 0 fully saturated rings. The predicted octanol–water partition coefficient (Wildman–Crippen LogP) is 3.40. The van der Waals surface area contributed by atoms with Crippen LogP contribution in [-0.2, 0) is 31.9 Å². The third-order valence-corrected chi connectivity index (χ3v) is 6.60. The first-order valence-electron chi connectivity index (χ1n) is 8.80. The quantitative estimate of drug-likeness (QED) is 0.321. The van der Waals surface area contributed by atoms with E-state index in [4.69, 9.17) is 9.47 Å². The zero-order valence-corrected chi connectivity index (χ0v) is 16.7. The standard InChI is InChI=1S/C18H22N2O4S2/c1-4-23-17(21)14(18(22)24-5-2)26-16-13-11-7-6-10(3)8-12(11)25-15(13)19-9-20-16/h9-10,14H,4-8H2,1-3H3/t10-/m1/s1. The van der Waals surface area contributed by atoms with Gasteiger partial charge >= 0.3 is 11.9 Å². The Morgan fingerprint density at radius 2 is 1.96 bits per heavy atom. The zero-order valence-electron chi connectivity index (χ0n) is 15.1. The number of aryl methyl sites for hydroxylation is 1. The van der Waals surface area contributed by atoms with E-state index in [9.17, 15) is 9.59 Å². The van der Waals surface area contributed by atoms with Gasteiger partial charge in [0.25, 0.3) is 0 Å². The number of carbonyl (C=O) groups excluding carboxylic acids is 2. The molecule has 0 bridgehead atoms. The van der Waals surface area contributed by atoms with E-state index in [1.165, 1.54) is 16.8 Å². The molecule has 0 aromatic carbocycles. The summed E-state index contributed by atoms with van der Waals surface area (Å²) in [6, 6.07) is 0. The van der Waals surface area contributed by atoms with Crippen LogP contribution < -0.4 is 0 Å². The first-order valence-corrected chi connectivity index (χ1v) is 10.5. The highest BCUT2D eigenvalue weighted by atomic mass is 32.2. The molecule has 0 saturated carbocycles. The van der Waals surface area contributed by atoms with Crippen LogP contribution in [0.15, 0.2) is 11.4 Å². The normalized spacial score (nSPS) is 16.5. The first kappa shape index (κ1) is 19.1. The van der Waals surface area contributed by atoms with E-state index in [0.29, 0.717) is 10.9 Å². The summed E-state index contributed by atoms with van der Waals surface area (Å²) in [4.78, 5) is 35.6. The molecule has 1 aliphatic rings. The van der Waals surface area contributed by atoms with Crippen LogP contribution >= 0.6 is 23.1 Å². The third kappa shape index (κ3) is 3.86. The molecule has 1 atom stereocenters. The van der Waals surface area contributed by atoms with Gasteiger partial charge in [-0.1, -0.05) is 18.7 Å². The number of thiophene rings is 1. The number of esters is 2. The molecule has 0 saturated heterocycles. The molecule has 2 aromatic rings. The molecule has 140 valence electrons. The lowest BCUT2D eigenvalue weighted by atomic mass is 9.89. The van der Waals surface area contributed by atoms with E-state index < -0.39 is 17.2 Å². The summed E-state index contributed by atoms with van der Waals surface area (Å²) >= 11 is 2.78. The SMILES string of the molecule is CCOC(=O)C(Sc1ncnc2sc3c(c12)CC[C@@H](C)C3)C(=O)OCC. The fourth-order valence-electron chi connectivity index (χ4n) is 3.08. The molecule has 0 amide bonds. The summed E-state index contributed by atoms with van der Waals surface area (Å²) in [5.41, 5.74) is 1.26. The molecule has 3 rings (SSSR count). The maximum absolute atomic E-state index is 12.3. The van der Waals surface area contributed by atoms with E-state index in [0.717, 1.165) is 41.2 Å². The van der Waals surface area contributed by atoms with Gasteiger partial charge in [0.1, 0.15) is 16.2 Å². The third-order valence-electron chi connectivity index (χ3n) is 4.29. The topological polar surface area (TPSA) is 78.4 Å². The minimum absolute atomic E-state index is 0.209. The van der Waals surface area contributed by atoms with Crippen LogP contribution in [0, 0.1) is 5.92 Å². The van der Waals surface area contributed by atoms with E-state index >= 15 is 0 Å². The second-order valence-electron chi connectivity index (χ2n) is 6.21. The Morgan fingerprint density at radius 3 is 2.62 bits per heavy atom. The number of ether oxygens (including phenoxy) is 2. The van der Waals surface area contributed by atoms with Crippen LogP contribution in [0.1, 0.15) is 37.6 Å². The summed E-state index contributed by atoms with van der Waals surface area (Å²) in [6.45, 7) is 6.10. The Labute approximate surface area is 160 Å². The lowest BCUT2D eigenvalue weighted by Gasteiger charge is -2.18. The molecule has 8 heteroatoms. The Balaban J connectivity index is 1.98. The van der Waals surface area contributed by atoms with Gasteiger partial charge < -0.3 is 9.47 Å². The van der Waals surface area contributed by atoms with Crippen LogP contribution in [0.3, 0.4) is 0 Å². The van der Waals surface area contributed by atoms with Gasteiger partial charge in [0.15, 0.2) is 0 Å². The smallest absolute Gasteiger partial charge is 0.331 e. The summed E-state index contributed by atoms with van der Waals surface area (Å²) in [5, 5.41) is 0.544. The highest BCUT2D eigenvalue weighted by Gasteiger charge is 2.33. The van der Waals surface area contributed by atoms with Gasteiger partial charge in [-0.2, -0.15) is 0 Å². The van der Waals surface area contributed by atoms with Gasteiger partial charge in [-0.3, -0.25) is 9.59 Å². The van der Waals surface area contributed by atoms with E-state index in [1.54, 1.807) is 25.2 Å². The average Bonchev–Trinajstić information content (AvgIpc) is 2.97. The molecule has 26 heavy (non-hydrogen) atoms. The Morgan fingerprint density at radius 1 is 1.27 bits per heavy atom. The van der Waals surface area contributed by atoms with Gasteiger partial charge in [-0.15, -0.1) is 11.3 Å². The van der Waals surface area contributed by atoms with E-state index in [1.807, 2.05) is 0 Å². The summed E-state index contributed by atoms with van der Waals surface area (Å²) in [5.74, 6) is -0.535. The fourth-order valence-corrected chi connectivity index (χ4v) is 5.49. The average molecular weight is 395 g/mol. The Kier molecular flexibility index (Phi) is 6.13. The number of nitrogens with zero attached hydrogens (tertiary/aromatic N) is 2. The molecular formula is C18H22N2O4S2. The number of fused-ring (bicyclic) bond motifs is 3. The molecule has 6 nitrogen and oxygen atoms in total. The van der Waals surface area contributed by atoms with Crippen molar-refractivity contribution in [2.24, 2.45) is 5.92 Å². The van der Waals surface area contributed by atoms with E-state index in [2.05, 4.69) is 16.9 Å². The van der Waals surface area contributed by atoms with Crippen molar-refractivity contribution >= 4 is 45.3 Å². The predicted molar refractivity (Wildman–Crippen MR) is 102 cm³/mol. The van der Waals surface area contributed by atoms with Crippen LogP contribution in [0.5, 0.6) is 0 Å². The molecule has 0 aliphatic heterocycles. The highest BCUT2D eigenvalue weighted by molar-refractivity contribution is 8.01. The number of aromatic nitrogens is 2. The second-order valence-corrected chi connectivity index (χ2v) is 8.39. The minimum atomic E-state index is -1.08. The fraction of sp³-hybridized carbons (Fsp3) is 0.556. The number of thioether (sulfide) groups is 1. The Bertz CT molecular complexity index is 803. The van der Waals surface area contributed by atoms with Gasteiger partial charge in [-0.25, -0.2) is 9.97 Å². The number of hydrogen-bond donors (Lipinski definition) is 0. The number of rotatable bonds is 6. The van der Waals surface area contributed by atoms with Crippen molar-refractivity contribution in [1.82, 2.24) is 9.97 Å². The van der Waals surface area contributed by atoms with Crippen molar-refractivity contribution in [3.8, 4) is 0 Å². The van der Waals surface area contributed by atoms with Crippen molar-refractivity contribution in [1.29, 1.82) is 0 Å². The first-order chi connectivity index (χ1) is 12.5. The van der Waals surface area contributed by atoms with Crippen LogP contribution in [0.2, 0.25) is 0 Å². The lowest BCUT2D eigenvalue weighted by molar-refractivity contribution is -0.152. The van der Waals surface area contributed by atoms with Crippen molar-refractivity contribution in [3.63, 3.8) is 0 Å². The lowest BCUT2D eigenvalue weighted by Crippen LogP contribution is -2.31. The zero-order chi connectivity index (χ0) is 18.7. The maximum Gasteiger partial charge on any atom is 0.331 e. The van der Waals surface area contributed by atoms with Crippen LogP contribution in [0.4, 0.5) is 0 Å². The summed E-state index contributed by atoms with van der Waals surface area (Å²) < 4.78 is 10.1. The monoisotopic (exact) mass is 394 g/mol. The molecule has 1 aliphatic carbocycles. The summed E-state index contributed by atoms with van der Waals surface area (Å²) in [7, 11) is 0. The van der Waals surface area contributed by atoms with Crippen molar-refractivity contribution < 1.29 is 19.1 Å². The van der Waals surface area contributed by atoms with Crippen molar-refractivity contribution in [2.45, 2.75) is 50.3 Å². The molecule has 0 spiro atoms. The maximum atomic E-state index is 12.3. The minimum Gasteiger partial charge on any atom is -0.465 e. The van der Waals surface area contributed by atoms with Crippen molar-refractivity contribution in [2.75, 3.05) is 13.2 Å². The molecular weight excluding hydrogens is 372 g/mol. The highest BCUT2D eigenvalue weighted by Crippen LogP contribution is 2.41. The van der Waals surface area contributed by atoms with Gasteiger partial charge in [-0.05, 0) is 44.6 Å². The van der Waals surface area contributed by atoms with Crippen LogP contribution in [-0.4, -0.2) is 40.4 Å². The molecule has 2 aromatic heterocycles. The molecule has 0 unspecified atom stereocenters. The number of hydrogen-bond acceptors (Lipinski definition) is 8. The van der Waals surface area contributed by atoms with Crippen LogP contribution in [0.25, 0.3) is 10.2 Å². The van der Waals surface area contributed by atoms with Crippen molar-refractivity contribution in [3.05, 3.63) is 16.8 Å². The molecule has 0 radical (unpaired) electrons. The van der Waals surface area contributed by atoms with Gasteiger partial charge in [0.05, 0.1) is 13.2 Å².